The number of hydrogen-bond donors (Lipinski definition) is 0. The molecule has 0 heterocycles. The van der Waals surface area contributed by atoms with Crippen molar-refractivity contribution < 1.29 is 4.74 Å². The predicted molar refractivity (Wildman–Crippen MR) is 39.0 cm³/mol. The van der Waals surface area contributed by atoms with E-state index < -0.39 is 0 Å². The first-order valence-electron chi connectivity index (χ1n) is 3.05. The van der Waals surface area contributed by atoms with Gasteiger partial charge in [0.1, 0.15) is 0 Å². The molecule has 9 heavy (non-hydrogen) atoms. The lowest BCUT2D eigenvalue weighted by molar-refractivity contribution is 0.154. The van der Waals surface area contributed by atoms with Gasteiger partial charge in [-0.15, -0.1) is 0 Å². The highest BCUT2D eigenvalue weighted by Gasteiger charge is 2.03. The van der Waals surface area contributed by atoms with E-state index in [1.807, 2.05) is 11.9 Å². The molecule has 0 radical (unpaired) electrons. The van der Waals surface area contributed by atoms with Gasteiger partial charge in [0, 0.05) is 13.1 Å². The first-order chi connectivity index (χ1) is 4.09. The summed E-state index contributed by atoms with van der Waals surface area (Å²) in [7, 11) is 3.58. The maximum atomic E-state index is 4.90. The Morgan fingerprint density at radius 1 is 1.56 bits per heavy atom. The Morgan fingerprint density at radius 2 is 2.00 bits per heavy atom. The summed E-state index contributed by atoms with van der Waals surface area (Å²) in [5.41, 5.74) is 0. The SMILES string of the molecule is C=C(OC)N(C)C(C)C. The van der Waals surface area contributed by atoms with Crippen molar-refractivity contribution in [2.24, 2.45) is 0 Å². The Bertz CT molecular complexity index is 99.1. The van der Waals surface area contributed by atoms with Crippen molar-refractivity contribution in [3.8, 4) is 0 Å². The van der Waals surface area contributed by atoms with Gasteiger partial charge < -0.3 is 9.64 Å². The van der Waals surface area contributed by atoms with Gasteiger partial charge in [-0.3, -0.25) is 0 Å². The Balaban J connectivity index is 3.72. The van der Waals surface area contributed by atoms with Gasteiger partial charge in [0.25, 0.3) is 0 Å². The van der Waals surface area contributed by atoms with Crippen LogP contribution in [0.25, 0.3) is 0 Å². The number of hydrogen-bond acceptors (Lipinski definition) is 2. The molecule has 0 aliphatic rings. The Kier molecular flexibility index (Phi) is 3.13. The van der Waals surface area contributed by atoms with Crippen LogP contribution in [-0.4, -0.2) is 25.1 Å². The van der Waals surface area contributed by atoms with Gasteiger partial charge in [-0.1, -0.05) is 0 Å². The largest absolute Gasteiger partial charge is 0.483 e. The summed E-state index contributed by atoms with van der Waals surface area (Å²) in [5.74, 6) is 0.713. The average molecular weight is 129 g/mol. The zero-order chi connectivity index (χ0) is 7.44. The third kappa shape index (κ3) is 2.40. The Hall–Kier alpha value is -0.660. The standard InChI is InChI=1S/C7H15NO/c1-6(2)8(4)7(3)9-5/h6H,3H2,1-2,4-5H3. The highest BCUT2D eigenvalue weighted by Crippen LogP contribution is 2.02. The van der Waals surface area contributed by atoms with Crippen molar-refractivity contribution in [3.05, 3.63) is 12.5 Å². The minimum atomic E-state index is 0.456. The maximum absolute atomic E-state index is 4.90. The van der Waals surface area contributed by atoms with Gasteiger partial charge in [-0.25, -0.2) is 0 Å². The van der Waals surface area contributed by atoms with Gasteiger partial charge in [0.05, 0.1) is 7.11 Å². The van der Waals surface area contributed by atoms with E-state index in [2.05, 4.69) is 20.4 Å². The van der Waals surface area contributed by atoms with E-state index in [0.717, 1.165) is 0 Å². The van der Waals surface area contributed by atoms with Crippen molar-refractivity contribution in [2.75, 3.05) is 14.2 Å². The highest BCUT2D eigenvalue weighted by molar-refractivity contribution is 4.81. The summed E-state index contributed by atoms with van der Waals surface area (Å²) in [6, 6.07) is 0.456. The molecule has 2 heteroatoms. The van der Waals surface area contributed by atoms with Crippen molar-refractivity contribution in [2.45, 2.75) is 19.9 Å². The normalized spacial score (nSPS) is 9.44. The molecule has 0 atom stereocenters. The van der Waals surface area contributed by atoms with Crippen LogP contribution in [0.4, 0.5) is 0 Å². The highest BCUT2D eigenvalue weighted by atomic mass is 16.5. The van der Waals surface area contributed by atoms with E-state index in [9.17, 15) is 0 Å². The van der Waals surface area contributed by atoms with Crippen LogP contribution in [0.3, 0.4) is 0 Å². The third-order valence-corrected chi connectivity index (χ3v) is 1.40. The Morgan fingerprint density at radius 3 is 2.11 bits per heavy atom. The van der Waals surface area contributed by atoms with Crippen molar-refractivity contribution in [1.82, 2.24) is 4.90 Å². The second-order valence-electron chi connectivity index (χ2n) is 2.30. The topological polar surface area (TPSA) is 12.5 Å². The summed E-state index contributed by atoms with van der Waals surface area (Å²) >= 11 is 0. The molecule has 0 saturated carbocycles. The minimum absolute atomic E-state index is 0.456. The fourth-order valence-electron chi connectivity index (χ4n) is 0.432. The van der Waals surface area contributed by atoms with Crippen molar-refractivity contribution in [1.29, 1.82) is 0 Å². The Labute approximate surface area is 57.1 Å². The van der Waals surface area contributed by atoms with E-state index in [-0.39, 0.29) is 0 Å². The second-order valence-corrected chi connectivity index (χ2v) is 2.30. The fraction of sp³-hybridized carbons (Fsp3) is 0.714. The van der Waals surface area contributed by atoms with Crippen LogP contribution in [0.15, 0.2) is 12.5 Å². The van der Waals surface area contributed by atoms with Crippen LogP contribution in [0, 0.1) is 0 Å². The summed E-state index contributed by atoms with van der Waals surface area (Å²) in [6.45, 7) is 7.87. The van der Waals surface area contributed by atoms with Crippen LogP contribution >= 0.6 is 0 Å². The fourth-order valence-corrected chi connectivity index (χ4v) is 0.432. The lowest BCUT2D eigenvalue weighted by Gasteiger charge is -2.23. The van der Waals surface area contributed by atoms with Crippen LogP contribution in [0.5, 0.6) is 0 Å². The third-order valence-electron chi connectivity index (χ3n) is 1.40. The van der Waals surface area contributed by atoms with Gasteiger partial charge in [0.2, 0.25) is 0 Å². The number of rotatable bonds is 3. The summed E-state index contributed by atoms with van der Waals surface area (Å²) < 4.78 is 4.90. The summed E-state index contributed by atoms with van der Waals surface area (Å²) in [5, 5.41) is 0. The monoisotopic (exact) mass is 129 g/mol. The predicted octanol–water partition coefficient (Wildman–Crippen LogP) is 1.44. The molecular formula is C7H15NO. The average Bonchev–Trinajstić information content (AvgIpc) is 1.84. The van der Waals surface area contributed by atoms with E-state index in [1.165, 1.54) is 0 Å². The molecule has 0 unspecified atom stereocenters. The molecular weight excluding hydrogens is 114 g/mol. The molecule has 0 saturated heterocycles. The van der Waals surface area contributed by atoms with E-state index in [0.29, 0.717) is 11.9 Å². The number of methoxy groups -OCH3 is 1. The number of nitrogens with zero attached hydrogens (tertiary/aromatic N) is 1. The first kappa shape index (κ1) is 8.34. The zero-order valence-electron chi connectivity index (χ0n) is 6.64. The van der Waals surface area contributed by atoms with E-state index >= 15 is 0 Å². The molecule has 0 amide bonds. The molecule has 0 spiro atoms. The quantitative estimate of drug-likeness (QED) is 0.535. The lowest BCUT2D eigenvalue weighted by Crippen LogP contribution is -2.25. The van der Waals surface area contributed by atoms with Crippen LogP contribution in [0.2, 0.25) is 0 Å². The number of ether oxygens (including phenoxy) is 1. The van der Waals surface area contributed by atoms with E-state index in [1.54, 1.807) is 7.11 Å². The zero-order valence-corrected chi connectivity index (χ0v) is 6.64. The van der Waals surface area contributed by atoms with Crippen LogP contribution < -0.4 is 0 Å². The first-order valence-corrected chi connectivity index (χ1v) is 3.05. The molecule has 0 aliphatic heterocycles. The van der Waals surface area contributed by atoms with Crippen LogP contribution in [-0.2, 0) is 4.74 Å². The van der Waals surface area contributed by atoms with Crippen molar-refractivity contribution in [3.63, 3.8) is 0 Å². The molecule has 2 nitrogen and oxygen atoms in total. The second kappa shape index (κ2) is 3.38. The molecule has 0 bridgehead atoms. The van der Waals surface area contributed by atoms with E-state index in [4.69, 9.17) is 4.74 Å². The molecule has 0 aromatic carbocycles. The summed E-state index contributed by atoms with van der Waals surface area (Å²) in [4.78, 5) is 1.97. The summed E-state index contributed by atoms with van der Waals surface area (Å²) in [6.07, 6.45) is 0. The van der Waals surface area contributed by atoms with Gasteiger partial charge in [-0.2, -0.15) is 0 Å². The van der Waals surface area contributed by atoms with Gasteiger partial charge in [0.15, 0.2) is 5.88 Å². The molecule has 0 aromatic heterocycles. The molecule has 0 aromatic rings. The molecule has 0 N–H and O–H groups in total. The van der Waals surface area contributed by atoms with Gasteiger partial charge >= 0.3 is 0 Å². The van der Waals surface area contributed by atoms with Crippen LogP contribution in [0.1, 0.15) is 13.8 Å². The van der Waals surface area contributed by atoms with Gasteiger partial charge in [-0.05, 0) is 20.4 Å². The smallest absolute Gasteiger partial charge is 0.181 e. The molecule has 0 fully saturated rings. The lowest BCUT2D eigenvalue weighted by atomic mass is 10.4. The molecule has 0 rings (SSSR count). The molecule has 54 valence electrons. The molecule has 0 aliphatic carbocycles. The van der Waals surface area contributed by atoms with Crippen molar-refractivity contribution >= 4 is 0 Å². The minimum Gasteiger partial charge on any atom is -0.483 e. The maximum Gasteiger partial charge on any atom is 0.181 e.